The average Bonchev–Trinajstić information content (AvgIpc) is 3.21. The first-order chi connectivity index (χ1) is 14.2. The number of nitrogens with one attached hydrogen (secondary N) is 1. The number of methoxy groups -OCH3 is 1. The van der Waals surface area contributed by atoms with Crippen LogP contribution in [0.4, 0.5) is 0 Å². The SMILES string of the molecule is COC(=O)c1ccc(C)c(S(=O)(=O)NCc2nc(-c3ccc(C(C)C)cc3)no2)c1. The first kappa shape index (κ1) is 21.7. The van der Waals surface area contributed by atoms with Crippen molar-refractivity contribution in [2.75, 3.05) is 7.11 Å². The lowest BCUT2D eigenvalue weighted by Gasteiger charge is -2.09. The van der Waals surface area contributed by atoms with Gasteiger partial charge < -0.3 is 9.26 Å². The Balaban J connectivity index is 1.75. The zero-order valence-electron chi connectivity index (χ0n) is 17.2. The molecule has 0 aliphatic heterocycles. The molecule has 0 spiro atoms. The van der Waals surface area contributed by atoms with Gasteiger partial charge in [-0.05, 0) is 36.1 Å². The van der Waals surface area contributed by atoms with E-state index in [0.717, 1.165) is 5.56 Å². The monoisotopic (exact) mass is 429 g/mol. The van der Waals surface area contributed by atoms with Crippen LogP contribution in [-0.2, 0) is 21.3 Å². The van der Waals surface area contributed by atoms with E-state index in [4.69, 9.17) is 4.52 Å². The molecule has 0 radical (unpaired) electrons. The second kappa shape index (κ2) is 8.76. The second-order valence-electron chi connectivity index (χ2n) is 7.08. The topological polar surface area (TPSA) is 111 Å². The quantitative estimate of drug-likeness (QED) is 0.573. The summed E-state index contributed by atoms with van der Waals surface area (Å²) in [6.45, 7) is 5.68. The molecular formula is C21H23N3O5S. The summed E-state index contributed by atoms with van der Waals surface area (Å²) < 4.78 is 37.7. The van der Waals surface area contributed by atoms with Gasteiger partial charge in [0.2, 0.25) is 21.7 Å². The van der Waals surface area contributed by atoms with Gasteiger partial charge in [0.25, 0.3) is 0 Å². The molecule has 0 saturated carbocycles. The van der Waals surface area contributed by atoms with Crippen molar-refractivity contribution in [2.45, 2.75) is 38.1 Å². The molecule has 0 saturated heterocycles. The molecule has 1 heterocycles. The van der Waals surface area contributed by atoms with Gasteiger partial charge in [-0.25, -0.2) is 17.9 Å². The zero-order chi connectivity index (χ0) is 21.9. The first-order valence-electron chi connectivity index (χ1n) is 9.33. The number of ether oxygens (including phenoxy) is 1. The summed E-state index contributed by atoms with van der Waals surface area (Å²) in [5.74, 6) is 0.304. The third-order valence-electron chi connectivity index (χ3n) is 4.62. The van der Waals surface area contributed by atoms with Gasteiger partial charge in [-0.15, -0.1) is 0 Å². The van der Waals surface area contributed by atoms with Crippen molar-refractivity contribution < 1.29 is 22.5 Å². The van der Waals surface area contributed by atoms with Gasteiger partial charge in [-0.1, -0.05) is 49.3 Å². The fraction of sp³-hybridized carbons (Fsp3) is 0.286. The van der Waals surface area contributed by atoms with Crippen molar-refractivity contribution in [3.63, 3.8) is 0 Å². The summed E-state index contributed by atoms with van der Waals surface area (Å²) in [4.78, 5) is 15.9. The van der Waals surface area contributed by atoms with E-state index >= 15 is 0 Å². The zero-order valence-corrected chi connectivity index (χ0v) is 18.0. The maximum atomic E-state index is 12.7. The fourth-order valence-corrected chi connectivity index (χ4v) is 4.07. The molecule has 0 aliphatic rings. The molecule has 1 N–H and O–H groups in total. The predicted octanol–water partition coefficient (Wildman–Crippen LogP) is 3.43. The standard InChI is InChI=1S/C21H23N3O5S/c1-13(2)15-7-9-16(10-8-15)20-23-19(29-24-20)12-22-30(26,27)18-11-17(21(25)28-4)6-5-14(18)3/h5-11,13,22H,12H2,1-4H3. The van der Waals surface area contributed by atoms with Gasteiger partial charge in [-0.3, -0.25) is 0 Å². The van der Waals surface area contributed by atoms with Crippen molar-refractivity contribution in [1.29, 1.82) is 0 Å². The lowest BCUT2D eigenvalue weighted by molar-refractivity contribution is 0.0600. The van der Waals surface area contributed by atoms with Crippen LogP contribution in [0.2, 0.25) is 0 Å². The lowest BCUT2D eigenvalue weighted by atomic mass is 10.0. The summed E-state index contributed by atoms with van der Waals surface area (Å²) >= 11 is 0. The van der Waals surface area contributed by atoms with Gasteiger partial charge >= 0.3 is 5.97 Å². The minimum atomic E-state index is -3.91. The molecule has 0 aliphatic carbocycles. The molecule has 30 heavy (non-hydrogen) atoms. The molecule has 3 aromatic rings. The van der Waals surface area contributed by atoms with Crippen LogP contribution in [0.25, 0.3) is 11.4 Å². The van der Waals surface area contributed by atoms with Crippen LogP contribution in [0.15, 0.2) is 51.9 Å². The summed E-state index contributed by atoms with van der Waals surface area (Å²) in [5, 5.41) is 3.92. The van der Waals surface area contributed by atoms with E-state index in [2.05, 4.69) is 33.4 Å². The van der Waals surface area contributed by atoms with E-state index in [0.29, 0.717) is 17.3 Å². The normalized spacial score (nSPS) is 11.6. The highest BCUT2D eigenvalue weighted by Gasteiger charge is 2.20. The Kier molecular flexibility index (Phi) is 6.33. The first-order valence-corrected chi connectivity index (χ1v) is 10.8. The molecule has 0 atom stereocenters. The number of aryl methyl sites for hydroxylation is 1. The Labute approximate surface area is 175 Å². The van der Waals surface area contributed by atoms with Gasteiger partial charge in [0.15, 0.2) is 0 Å². The molecular weight excluding hydrogens is 406 g/mol. The summed E-state index contributed by atoms with van der Waals surface area (Å²) in [5.41, 5.74) is 2.61. The number of sulfonamides is 1. The highest BCUT2D eigenvalue weighted by atomic mass is 32.2. The molecule has 0 bridgehead atoms. The predicted molar refractivity (Wildman–Crippen MR) is 110 cm³/mol. The number of hydrogen-bond acceptors (Lipinski definition) is 7. The summed E-state index contributed by atoms with van der Waals surface area (Å²) in [7, 11) is -2.68. The van der Waals surface area contributed by atoms with E-state index in [1.54, 1.807) is 13.0 Å². The number of esters is 1. The van der Waals surface area contributed by atoms with Crippen molar-refractivity contribution in [3.05, 3.63) is 65.0 Å². The molecule has 0 unspecified atom stereocenters. The van der Waals surface area contributed by atoms with E-state index in [1.165, 1.54) is 24.8 Å². The molecule has 8 nitrogen and oxygen atoms in total. The van der Waals surface area contributed by atoms with Crippen LogP contribution < -0.4 is 4.72 Å². The van der Waals surface area contributed by atoms with Crippen molar-refractivity contribution in [3.8, 4) is 11.4 Å². The van der Waals surface area contributed by atoms with E-state index in [9.17, 15) is 13.2 Å². The molecule has 0 amide bonds. The van der Waals surface area contributed by atoms with Crippen LogP contribution in [0, 0.1) is 6.92 Å². The molecule has 0 fully saturated rings. The minimum Gasteiger partial charge on any atom is -0.465 e. The lowest BCUT2D eigenvalue weighted by Crippen LogP contribution is -2.24. The number of aromatic nitrogens is 2. The van der Waals surface area contributed by atoms with Crippen LogP contribution >= 0.6 is 0 Å². The largest absolute Gasteiger partial charge is 0.465 e. The third-order valence-corrected chi connectivity index (χ3v) is 6.16. The number of hydrogen-bond donors (Lipinski definition) is 1. The number of carbonyl (C=O) groups is 1. The number of rotatable bonds is 7. The number of benzene rings is 2. The molecule has 3 rings (SSSR count). The van der Waals surface area contributed by atoms with Crippen molar-refractivity contribution in [2.24, 2.45) is 0 Å². The average molecular weight is 429 g/mol. The maximum absolute atomic E-state index is 12.7. The minimum absolute atomic E-state index is 0.0191. The van der Waals surface area contributed by atoms with Crippen LogP contribution in [0.1, 0.15) is 47.1 Å². The summed E-state index contributed by atoms with van der Waals surface area (Å²) in [6.07, 6.45) is 0. The Bertz CT molecular complexity index is 1150. The highest BCUT2D eigenvalue weighted by molar-refractivity contribution is 7.89. The molecule has 2 aromatic carbocycles. The van der Waals surface area contributed by atoms with Gasteiger partial charge in [0, 0.05) is 5.56 Å². The smallest absolute Gasteiger partial charge is 0.337 e. The molecule has 9 heteroatoms. The van der Waals surface area contributed by atoms with Crippen LogP contribution in [-0.4, -0.2) is 31.6 Å². The number of carbonyl (C=O) groups excluding carboxylic acids is 1. The summed E-state index contributed by atoms with van der Waals surface area (Å²) in [6, 6.07) is 12.1. The van der Waals surface area contributed by atoms with Crippen molar-refractivity contribution >= 4 is 16.0 Å². The van der Waals surface area contributed by atoms with E-state index in [-0.39, 0.29) is 22.9 Å². The Morgan fingerprint density at radius 2 is 1.87 bits per heavy atom. The highest BCUT2D eigenvalue weighted by Crippen LogP contribution is 2.21. The maximum Gasteiger partial charge on any atom is 0.337 e. The van der Waals surface area contributed by atoms with Gasteiger partial charge in [-0.2, -0.15) is 4.98 Å². The fourth-order valence-electron chi connectivity index (χ4n) is 2.83. The molecule has 1 aromatic heterocycles. The Hall–Kier alpha value is -3.04. The van der Waals surface area contributed by atoms with Gasteiger partial charge in [0.05, 0.1) is 24.1 Å². The third kappa shape index (κ3) is 4.74. The van der Waals surface area contributed by atoms with Crippen molar-refractivity contribution in [1.82, 2.24) is 14.9 Å². The molecule has 158 valence electrons. The Morgan fingerprint density at radius 3 is 2.50 bits per heavy atom. The van der Waals surface area contributed by atoms with Crippen LogP contribution in [0.5, 0.6) is 0 Å². The van der Waals surface area contributed by atoms with E-state index in [1.807, 2.05) is 24.3 Å². The van der Waals surface area contributed by atoms with Crippen LogP contribution in [0.3, 0.4) is 0 Å². The number of nitrogens with zero attached hydrogens (tertiary/aromatic N) is 2. The second-order valence-corrected chi connectivity index (χ2v) is 8.82. The van der Waals surface area contributed by atoms with Gasteiger partial charge in [0.1, 0.15) is 0 Å². The Morgan fingerprint density at radius 1 is 1.17 bits per heavy atom. The van der Waals surface area contributed by atoms with E-state index < -0.39 is 16.0 Å².